The van der Waals surface area contributed by atoms with E-state index < -0.39 is 0 Å². The molecule has 1 aliphatic carbocycles. The van der Waals surface area contributed by atoms with Gasteiger partial charge in [0.2, 0.25) is 0 Å². The number of furan rings is 1. The molecule has 16 heavy (non-hydrogen) atoms. The molecule has 0 bridgehead atoms. The first-order chi connectivity index (χ1) is 7.79. The van der Waals surface area contributed by atoms with Crippen molar-refractivity contribution in [2.24, 2.45) is 5.92 Å². The summed E-state index contributed by atoms with van der Waals surface area (Å²) in [7, 11) is 0. The summed E-state index contributed by atoms with van der Waals surface area (Å²) in [5, 5.41) is 3.62. The third-order valence-corrected chi connectivity index (χ3v) is 3.94. The van der Waals surface area contributed by atoms with Gasteiger partial charge in [0, 0.05) is 6.04 Å². The molecule has 0 spiro atoms. The van der Waals surface area contributed by atoms with Gasteiger partial charge in [0.15, 0.2) is 0 Å². The second-order valence-electron chi connectivity index (χ2n) is 5.03. The van der Waals surface area contributed by atoms with Crippen LogP contribution in [0.5, 0.6) is 0 Å². The highest BCUT2D eigenvalue weighted by Crippen LogP contribution is 2.26. The van der Waals surface area contributed by atoms with Gasteiger partial charge in [0.25, 0.3) is 0 Å². The Hall–Kier alpha value is -0.760. The lowest BCUT2D eigenvalue weighted by atomic mass is 9.84. The Balaban J connectivity index is 1.73. The molecular formula is C14H23NO. The van der Waals surface area contributed by atoms with Gasteiger partial charge in [-0.2, -0.15) is 0 Å². The summed E-state index contributed by atoms with van der Waals surface area (Å²) in [5.41, 5.74) is 1.26. The highest BCUT2D eigenvalue weighted by Gasteiger charge is 2.19. The Bertz CT molecular complexity index is 310. The van der Waals surface area contributed by atoms with Gasteiger partial charge in [0.05, 0.1) is 12.8 Å². The molecule has 1 heterocycles. The lowest BCUT2D eigenvalue weighted by molar-refractivity contribution is 0.280. The van der Waals surface area contributed by atoms with Gasteiger partial charge in [-0.3, -0.25) is 0 Å². The predicted molar refractivity (Wildman–Crippen MR) is 66.3 cm³/mol. The van der Waals surface area contributed by atoms with Crippen LogP contribution >= 0.6 is 0 Å². The monoisotopic (exact) mass is 221 g/mol. The summed E-state index contributed by atoms with van der Waals surface area (Å²) in [5.74, 6) is 2.07. The number of rotatable bonds is 4. The molecule has 1 aliphatic rings. The highest BCUT2D eigenvalue weighted by molar-refractivity contribution is 5.14. The minimum Gasteiger partial charge on any atom is -0.468 e. The molecule has 1 saturated carbocycles. The summed E-state index contributed by atoms with van der Waals surface area (Å²) in [6.07, 6.45) is 8.58. The molecule has 2 heteroatoms. The third kappa shape index (κ3) is 2.88. The maximum atomic E-state index is 5.44. The topological polar surface area (TPSA) is 25.2 Å². The summed E-state index contributed by atoms with van der Waals surface area (Å²) in [4.78, 5) is 0. The molecule has 1 fully saturated rings. The Kier molecular flexibility index (Phi) is 4.05. The average molecular weight is 221 g/mol. The Morgan fingerprint density at radius 1 is 1.31 bits per heavy atom. The van der Waals surface area contributed by atoms with Crippen LogP contribution in [0.1, 0.15) is 50.4 Å². The van der Waals surface area contributed by atoms with E-state index in [0.717, 1.165) is 18.2 Å². The van der Waals surface area contributed by atoms with E-state index in [1.165, 1.54) is 37.7 Å². The number of nitrogens with one attached hydrogen (secondary N) is 1. The van der Waals surface area contributed by atoms with Crippen molar-refractivity contribution in [1.29, 1.82) is 0 Å². The van der Waals surface area contributed by atoms with E-state index in [1.54, 1.807) is 6.26 Å². The normalized spacial score (nSPS) is 25.9. The summed E-state index contributed by atoms with van der Waals surface area (Å²) < 4.78 is 5.44. The van der Waals surface area contributed by atoms with Gasteiger partial charge in [-0.1, -0.05) is 13.3 Å². The maximum absolute atomic E-state index is 5.44. The number of hydrogen-bond acceptors (Lipinski definition) is 2. The molecule has 0 atom stereocenters. The standard InChI is InChI=1S/C14H23NO/c1-3-12-4-6-13(7-5-12)15-10-14-11(2)8-9-16-14/h8-9,12-13,15H,3-7,10H2,1-2H3. The van der Waals surface area contributed by atoms with Crippen LogP contribution in [0.3, 0.4) is 0 Å². The van der Waals surface area contributed by atoms with Gasteiger partial charge >= 0.3 is 0 Å². The maximum Gasteiger partial charge on any atom is 0.120 e. The van der Waals surface area contributed by atoms with Crippen LogP contribution in [0.4, 0.5) is 0 Å². The van der Waals surface area contributed by atoms with Gasteiger partial charge in [0.1, 0.15) is 5.76 Å². The molecule has 0 saturated heterocycles. The summed E-state index contributed by atoms with van der Waals surface area (Å²) in [6, 6.07) is 2.73. The van der Waals surface area contributed by atoms with Crippen molar-refractivity contribution in [3.63, 3.8) is 0 Å². The van der Waals surface area contributed by atoms with Crippen LogP contribution in [0.25, 0.3) is 0 Å². The Morgan fingerprint density at radius 2 is 2.06 bits per heavy atom. The fraction of sp³-hybridized carbons (Fsp3) is 0.714. The molecule has 1 aromatic rings. The molecule has 1 aromatic heterocycles. The van der Waals surface area contributed by atoms with Crippen LogP contribution in [-0.4, -0.2) is 6.04 Å². The van der Waals surface area contributed by atoms with Gasteiger partial charge in [-0.05, 0) is 50.2 Å². The van der Waals surface area contributed by atoms with Crippen molar-refractivity contribution in [2.75, 3.05) is 0 Å². The molecule has 2 nitrogen and oxygen atoms in total. The Labute approximate surface area is 98.4 Å². The molecule has 2 rings (SSSR count). The van der Waals surface area contributed by atoms with E-state index in [2.05, 4.69) is 19.2 Å². The molecule has 0 aromatic carbocycles. The van der Waals surface area contributed by atoms with Crippen LogP contribution < -0.4 is 5.32 Å². The zero-order valence-electron chi connectivity index (χ0n) is 10.5. The fourth-order valence-corrected chi connectivity index (χ4v) is 2.60. The first kappa shape index (κ1) is 11.7. The van der Waals surface area contributed by atoms with Crippen LogP contribution in [0, 0.1) is 12.8 Å². The van der Waals surface area contributed by atoms with E-state index in [1.807, 2.05) is 6.07 Å². The van der Waals surface area contributed by atoms with Crippen molar-refractivity contribution < 1.29 is 4.42 Å². The second kappa shape index (κ2) is 5.53. The predicted octanol–water partition coefficient (Wildman–Crippen LogP) is 3.65. The molecule has 0 amide bonds. The van der Waals surface area contributed by atoms with Crippen LogP contribution in [-0.2, 0) is 6.54 Å². The zero-order chi connectivity index (χ0) is 11.4. The first-order valence-electron chi connectivity index (χ1n) is 6.56. The average Bonchev–Trinajstić information content (AvgIpc) is 2.73. The minimum atomic E-state index is 0.701. The van der Waals surface area contributed by atoms with Gasteiger partial charge in [-0.15, -0.1) is 0 Å². The number of aryl methyl sites for hydroxylation is 1. The van der Waals surface area contributed by atoms with Gasteiger partial charge < -0.3 is 9.73 Å². The smallest absolute Gasteiger partial charge is 0.120 e. The van der Waals surface area contributed by atoms with E-state index in [9.17, 15) is 0 Å². The van der Waals surface area contributed by atoms with Crippen molar-refractivity contribution in [1.82, 2.24) is 5.32 Å². The van der Waals surface area contributed by atoms with E-state index >= 15 is 0 Å². The van der Waals surface area contributed by atoms with Crippen molar-refractivity contribution in [3.05, 3.63) is 23.7 Å². The minimum absolute atomic E-state index is 0.701. The third-order valence-electron chi connectivity index (χ3n) is 3.94. The summed E-state index contributed by atoms with van der Waals surface area (Å²) in [6.45, 7) is 5.30. The zero-order valence-corrected chi connectivity index (χ0v) is 10.5. The quantitative estimate of drug-likeness (QED) is 0.839. The number of hydrogen-bond donors (Lipinski definition) is 1. The van der Waals surface area contributed by atoms with Crippen molar-refractivity contribution in [2.45, 2.75) is 58.5 Å². The highest BCUT2D eigenvalue weighted by atomic mass is 16.3. The second-order valence-corrected chi connectivity index (χ2v) is 5.03. The Morgan fingerprint density at radius 3 is 2.62 bits per heavy atom. The molecule has 0 radical (unpaired) electrons. The van der Waals surface area contributed by atoms with Crippen molar-refractivity contribution >= 4 is 0 Å². The van der Waals surface area contributed by atoms with Crippen LogP contribution in [0.2, 0.25) is 0 Å². The fourth-order valence-electron chi connectivity index (χ4n) is 2.60. The van der Waals surface area contributed by atoms with E-state index in [0.29, 0.717) is 6.04 Å². The van der Waals surface area contributed by atoms with E-state index in [4.69, 9.17) is 4.42 Å². The lowest BCUT2D eigenvalue weighted by Gasteiger charge is -2.28. The molecule has 1 N–H and O–H groups in total. The SMILES string of the molecule is CCC1CCC(NCc2occc2C)CC1. The lowest BCUT2D eigenvalue weighted by Crippen LogP contribution is -2.32. The molecular weight excluding hydrogens is 198 g/mol. The summed E-state index contributed by atoms with van der Waals surface area (Å²) >= 11 is 0. The molecule has 0 unspecified atom stereocenters. The van der Waals surface area contributed by atoms with Crippen molar-refractivity contribution in [3.8, 4) is 0 Å². The molecule has 90 valence electrons. The molecule has 0 aliphatic heterocycles. The largest absolute Gasteiger partial charge is 0.468 e. The van der Waals surface area contributed by atoms with E-state index in [-0.39, 0.29) is 0 Å². The first-order valence-corrected chi connectivity index (χ1v) is 6.56. The van der Waals surface area contributed by atoms with Gasteiger partial charge in [-0.25, -0.2) is 0 Å². The van der Waals surface area contributed by atoms with Crippen LogP contribution in [0.15, 0.2) is 16.7 Å².